The lowest BCUT2D eigenvalue weighted by Gasteiger charge is -2.17. The highest BCUT2D eigenvalue weighted by Crippen LogP contribution is 2.30. The number of anilines is 1. The molecule has 94 valence electrons. The molecule has 1 aliphatic heterocycles. The summed E-state index contributed by atoms with van der Waals surface area (Å²) >= 11 is 0. The fourth-order valence-corrected chi connectivity index (χ4v) is 1.67. The highest BCUT2D eigenvalue weighted by molar-refractivity contribution is 5.56. The molecule has 0 spiro atoms. The number of benzene rings is 1. The molecule has 1 aromatic carbocycles. The van der Waals surface area contributed by atoms with Crippen molar-refractivity contribution in [2.24, 2.45) is 0 Å². The number of halogens is 3. The molecule has 0 saturated carbocycles. The summed E-state index contributed by atoms with van der Waals surface area (Å²) < 4.78 is 45.6. The van der Waals surface area contributed by atoms with Crippen LogP contribution in [0.4, 0.5) is 18.9 Å². The first kappa shape index (κ1) is 12.0. The van der Waals surface area contributed by atoms with Crippen molar-refractivity contribution in [2.75, 3.05) is 18.5 Å². The van der Waals surface area contributed by atoms with E-state index in [1.807, 2.05) is 0 Å². The van der Waals surface area contributed by atoms with Crippen LogP contribution in [0.3, 0.4) is 0 Å². The summed E-state index contributed by atoms with van der Waals surface area (Å²) in [6, 6.07) is 6.03. The number of para-hydroxylation sites is 2. The van der Waals surface area contributed by atoms with Crippen molar-refractivity contribution in [3.05, 3.63) is 24.3 Å². The van der Waals surface area contributed by atoms with E-state index >= 15 is 0 Å². The molecule has 1 fully saturated rings. The highest BCUT2D eigenvalue weighted by atomic mass is 19.4. The molecule has 3 nitrogen and oxygen atoms in total. The number of hydrogen-bond acceptors (Lipinski definition) is 3. The molecule has 0 amide bonds. The number of nitrogens with one attached hydrogen (secondary N) is 1. The normalized spacial score (nSPS) is 20.3. The first-order valence-corrected chi connectivity index (χ1v) is 5.24. The van der Waals surface area contributed by atoms with E-state index < -0.39 is 6.36 Å². The molecule has 0 aliphatic carbocycles. The molecular formula is C11H12F3NO2. The van der Waals surface area contributed by atoms with Crippen molar-refractivity contribution in [1.29, 1.82) is 0 Å². The number of alkyl halides is 3. The Morgan fingerprint density at radius 2 is 2.06 bits per heavy atom. The van der Waals surface area contributed by atoms with Gasteiger partial charge in [0, 0.05) is 6.61 Å². The minimum atomic E-state index is -4.68. The van der Waals surface area contributed by atoms with Crippen molar-refractivity contribution < 1.29 is 22.6 Å². The molecule has 1 unspecified atom stereocenters. The van der Waals surface area contributed by atoms with E-state index in [4.69, 9.17) is 4.74 Å². The lowest BCUT2D eigenvalue weighted by atomic mass is 10.2. The molecule has 6 heteroatoms. The first-order chi connectivity index (χ1) is 8.04. The lowest BCUT2D eigenvalue weighted by molar-refractivity contribution is -0.274. The zero-order chi connectivity index (χ0) is 12.3. The van der Waals surface area contributed by atoms with E-state index in [2.05, 4.69) is 10.1 Å². The summed E-state index contributed by atoms with van der Waals surface area (Å²) in [4.78, 5) is 0. The highest BCUT2D eigenvalue weighted by Gasteiger charge is 2.32. The van der Waals surface area contributed by atoms with Gasteiger partial charge >= 0.3 is 6.36 Å². The van der Waals surface area contributed by atoms with E-state index in [1.54, 1.807) is 12.1 Å². The predicted octanol–water partition coefficient (Wildman–Crippen LogP) is 2.79. The summed E-state index contributed by atoms with van der Waals surface area (Å²) in [7, 11) is 0. The third-order valence-electron chi connectivity index (χ3n) is 2.40. The zero-order valence-electron chi connectivity index (χ0n) is 8.96. The average molecular weight is 247 g/mol. The standard InChI is InChI=1S/C11H12F3NO2/c12-11(13,14)17-10-4-2-1-3-9(10)15-8-5-6-16-7-8/h1-4,8,15H,5-7H2. The molecule has 1 aliphatic rings. The largest absolute Gasteiger partial charge is 0.573 e. The van der Waals surface area contributed by atoms with Crippen LogP contribution in [-0.2, 0) is 4.74 Å². The van der Waals surface area contributed by atoms with Crippen molar-refractivity contribution in [1.82, 2.24) is 0 Å². The molecule has 2 rings (SSSR count). The first-order valence-electron chi connectivity index (χ1n) is 5.24. The number of rotatable bonds is 3. The molecule has 0 bridgehead atoms. The second-order valence-corrected chi connectivity index (χ2v) is 3.75. The molecule has 0 aromatic heterocycles. The molecule has 1 N–H and O–H groups in total. The van der Waals surface area contributed by atoms with E-state index in [0.717, 1.165) is 6.42 Å². The Morgan fingerprint density at radius 1 is 1.29 bits per heavy atom. The third kappa shape index (κ3) is 3.52. The van der Waals surface area contributed by atoms with Crippen LogP contribution in [0.2, 0.25) is 0 Å². The van der Waals surface area contributed by atoms with Crippen molar-refractivity contribution in [3.63, 3.8) is 0 Å². The monoisotopic (exact) mass is 247 g/mol. The van der Waals surface area contributed by atoms with E-state index in [0.29, 0.717) is 18.9 Å². The van der Waals surface area contributed by atoms with Crippen molar-refractivity contribution in [3.8, 4) is 5.75 Å². The van der Waals surface area contributed by atoms with Crippen LogP contribution in [-0.4, -0.2) is 25.6 Å². The predicted molar refractivity (Wildman–Crippen MR) is 56.0 cm³/mol. The van der Waals surface area contributed by atoms with Crippen LogP contribution in [0.25, 0.3) is 0 Å². The Morgan fingerprint density at radius 3 is 2.71 bits per heavy atom. The van der Waals surface area contributed by atoms with Gasteiger partial charge in [-0.25, -0.2) is 0 Å². The van der Waals surface area contributed by atoms with E-state index in [1.165, 1.54) is 12.1 Å². The molecule has 17 heavy (non-hydrogen) atoms. The smallest absolute Gasteiger partial charge is 0.404 e. The molecule has 1 atom stereocenters. The number of ether oxygens (including phenoxy) is 2. The zero-order valence-corrected chi connectivity index (χ0v) is 8.96. The average Bonchev–Trinajstić information content (AvgIpc) is 2.71. The second-order valence-electron chi connectivity index (χ2n) is 3.75. The molecule has 1 heterocycles. The Labute approximate surface area is 96.5 Å². The van der Waals surface area contributed by atoms with Crippen LogP contribution >= 0.6 is 0 Å². The summed E-state index contributed by atoms with van der Waals surface area (Å²) in [6.07, 6.45) is -3.90. The maximum Gasteiger partial charge on any atom is 0.573 e. The minimum Gasteiger partial charge on any atom is -0.404 e. The van der Waals surface area contributed by atoms with Gasteiger partial charge in [0.1, 0.15) is 0 Å². The minimum absolute atomic E-state index is 0.0352. The Bertz CT molecular complexity index is 375. The summed E-state index contributed by atoms with van der Waals surface area (Å²) in [5.41, 5.74) is 0.334. The molecule has 0 radical (unpaired) electrons. The van der Waals surface area contributed by atoms with Crippen molar-refractivity contribution in [2.45, 2.75) is 18.8 Å². The van der Waals surface area contributed by atoms with Gasteiger partial charge in [0.05, 0.1) is 18.3 Å². The molecule has 1 aromatic rings. The Balaban J connectivity index is 2.09. The van der Waals surface area contributed by atoms with Gasteiger partial charge in [0.2, 0.25) is 0 Å². The maximum absolute atomic E-state index is 12.2. The van der Waals surface area contributed by atoms with Crippen LogP contribution in [0.1, 0.15) is 6.42 Å². The van der Waals surface area contributed by atoms with Crippen LogP contribution in [0.5, 0.6) is 5.75 Å². The van der Waals surface area contributed by atoms with Gasteiger partial charge in [0.25, 0.3) is 0 Å². The molecule has 1 saturated heterocycles. The lowest BCUT2D eigenvalue weighted by Crippen LogP contribution is -2.22. The van der Waals surface area contributed by atoms with Gasteiger partial charge in [0.15, 0.2) is 5.75 Å². The van der Waals surface area contributed by atoms with Crippen LogP contribution in [0.15, 0.2) is 24.3 Å². The maximum atomic E-state index is 12.2. The van der Waals surface area contributed by atoms with Gasteiger partial charge in [-0.1, -0.05) is 12.1 Å². The fraction of sp³-hybridized carbons (Fsp3) is 0.455. The fourth-order valence-electron chi connectivity index (χ4n) is 1.67. The van der Waals surface area contributed by atoms with Crippen LogP contribution < -0.4 is 10.1 Å². The second kappa shape index (κ2) is 4.83. The topological polar surface area (TPSA) is 30.5 Å². The molecular weight excluding hydrogens is 235 g/mol. The van der Waals surface area contributed by atoms with Gasteiger partial charge in [-0.3, -0.25) is 0 Å². The van der Waals surface area contributed by atoms with Crippen molar-refractivity contribution >= 4 is 5.69 Å². The quantitative estimate of drug-likeness (QED) is 0.890. The Kier molecular flexibility index (Phi) is 3.42. The van der Waals surface area contributed by atoms with Gasteiger partial charge in [-0.2, -0.15) is 0 Å². The van der Waals surface area contributed by atoms with Crippen LogP contribution in [0, 0.1) is 0 Å². The Hall–Kier alpha value is -1.43. The summed E-state index contributed by atoms with van der Waals surface area (Å²) in [6.45, 7) is 1.13. The summed E-state index contributed by atoms with van der Waals surface area (Å²) in [5.74, 6) is -0.216. The van der Waals surface area contributed by atoms with Gasteiger partial charge in [-0.15, -0.1) is 13.2 Å². The van der Waals surface area contributed by atoms with Gasteiger partial charge in [-0.05, 0) is 18.6 Å². The van der Waals surface area contributed by atoms with E-state index in [-0.39, 0.29) is 11.8 Å². The SMILES string of the molecule is FC(F)(F)Oc1ccccc1NC1CCOC1. The van der Waals surface area contributed by atoms with Gasteiger partial charge < -0.3 is 14.8 Å². The summed E-state index contributed by atoms with van der Waals surface area (Å²) in [5, 5.41) is 2.98. The third-order valence-corrected chi connectivity index (χ3v) is 2.40. The van der Waals surface area contributed by atoms with E-state index in [9.17, 15) is 13.2 Å². The number of hydrogen-bond donors (Lipinski definition) is 1.